The molecule has 104 valence electrons. The smallest absolute Gasteiger partial charge is 0.320 e. The first kappa shape index (κ1) is 14.0. The van der Waals surface area contributed by atoms with Crippen LogP contribution in [0, 0.1) is 6.92 Å². The average molecular weight is 281 g/mol. The van der Waals surface area contributed by atoms with Crippen LogP contribution in [0.3, 0.4) is 0 Å². The number of benzene rings is 1. The maximum Gasteiger partial charge on any atom is 0.416 e. The highest BCUT2D eigenvalue weighted by molar-refractivity contribution is 5.74. The van der Waals surface area contributed by atoms with Gasteiger partial charge in [0, 0.05) is 23.6 Å². The summed E-state index contributed by atoms with van der Waals surface area (Å²) in [5.74, 6) is 0. The van der Waals surface area contributed by atoms with Gasteiger partial charge in [-0.05, 0) is 31.2 Å². The molecule has 0 bridgehead atoms. The van der Waals surface area contributed by atoms with Gasteiger partial charge in [-0.1, -0.05) is 0 Å². The summed E-state index contributed by atoms with van der Waals surface area (Å²) in [5.41, 5.74) is -0.245. The highest BCUT2D eigenvalue weighted by Gasteiger charge is 2.30. The molecule has 0 unspecified atom stereocenters. The van der Waals surface area contributed by atoms with E-state index in [0.29, 0.717) is 17.7 Å². The van der Waals surface area contributed by atoms with E-state index in [9.17, 15) is 22.8 Å². The van der Waals surface area contributed by atoms with Crippen molar-refractivity contribution in [3.8, 4) is 5.69 Å². The fourth-order valence-corrected chi connectivity index (χ4v) is 1.82. The Hall–Kier alpha value is -2.37. The van der Waals surface area contributed by atoms with Gasteiger partial charge >= 0.3 is 6.18 Å². The van der Waals surface area contributed by atoms with Gasteiger partial charge in [0.1, 0.15) is 0 Å². The van der Waals surface area contributed by atoms with Crippen LogP contribution in [0.2, 0.25) is 0 Å². The van der Waals surface area contributed by atoms with Crippen molar-refractivity contribution in [2.75, 3.05) is 0 Å². The first-order valence-electron chi connectivity index (χ1n) is 5.69. The van der Waals surface area contributed by atoms with Crippen LogP contribution in [0.4, 0.5) is 13.2 Å². The van der Waals surface area contributed by atoms with Gasteiger partial charge in [-0.3, -0.25) is 9.59 Å². The number of rotatable bonds is 2. The first-order chi connectivity index (χ1) is 9.32. The predicted molar refractivity (Wildman–Crippen MR) is 67.2 cm³/mol. The number of hydrogen-bond donors (Lipinski definition) is 0. The Kier molecular flexibility index (Phi) is 3.48. The molecule has 2 rings (SSSR count). The molecule has 0 N–H and O–H groups in total. The highest BCUT2D eigenvalue weighted by Crippen LogP contribution is 2.29. The maximum absolute atomic E-state index is 12.5. The number of hydrogen-bond acceptors (Lipinski definition) is 2. The van der Waals surface area contributed by atoms with Gasteiger partial charge in [0.25, 0.3) is 0 Å². The standard InChI is InChI=1S/C14H10F3NO2/c1-9-6-13(20)10(8-19)7-18(9)12-4-2-11(3-5-12)14(15,16)17/h2-8H,1H3. The Labute approximate surface area is 112 Å². The largest absolute Gasteiger partial charge is 0.416 e. The molecular formula is C14H10F3NO2. The van der Waals surface area contributed by atoms with Crippen molar-refractivity contribution in [2.45, 2.75) is 13.1 Å². The van der Waals surface area contributed by atoms with Gasteiger partial charge in [0.15, 0.2) is 11.7 Å². The summed E-state index contributed by atoms with van der Waals surface area (Å²) in [4.78, 5) is 22.2. The zero-order chi connectivity index (χ0) is 14.9. The molecule has 1 heterocycles. The molecule has 0 saturated carbocycles. The van der Waals surface area contributed by atoms with Crippen LogP contribution >= 0.6 is 0 Å². The number of carbonyl (C=O) groups is 1. The minimum atomic E-state index is -4.40. The molecule has 0 amide bonds. The van der Waals surface area contributed by atoms with Crippen molar-refractivity contribution in [2.24, 2.45) is 0 Å². The zero-order valence-corrected chi connectivity index (χ0v) is 10.4. The van der Waals surface area contributed by atoms with Gasteiger partial charge in [-0.2, -0.15) is 13.2 Å². The molecular weight excluding hydrogens is 271 g/mol. The molecule has 0 atom stereocenters. The second-order valence-electron chi connectivity index (χ2n) is 4.27. The van der Waals surface area contributed by atoms with Gasteiger partial charge in [-0.15, -0.1) is 0 Å². The van der Waals surface area contributed by atoms with E-state index in [1.165, 1.54) is 29.0 Å². The molecule has 1 aromatic carbocycles. The van der Waals surface area contributed by atoms with E-state index in [-0.39, 0.29) is 5.56 Å². The Balaban J connectivity index is 2.52. The molecule has 0 aliphatic carbocycles. The molecule has 0 radical (unpaired) electrons. The van der Waals surface area contributed by atoms with Crippen LogP contribution in [0.25, 0.3) is 5.69 Å². The minimum absolute atomic E-state index is 0.0458. The van der Waals surface area contributed by atoms with Crippen LogP contribution < -0.4 is 5.43 Å². The molecule has 20 heavy (non-hydrogen) atoms. The van der Waals surface area contributed by atoms with Crippen molar-refractivity contribution in [1.29, 1.82) is 0 Å². The molecule has 2 aromatic rings. The summed E-state index contributed by atoms with van der Waals surface area (Å²) in [6, 6.07) is 5.74. The molecule has 0 spiro atoms. The SMILES string of the molecule is Cc1cc(=O)c(C=O)cn1-c1ccc(C(F)(F)F)cc1. The molecule has 0 saturated heterocycles. The number of nitrogens with zero attached hydrogens (tertiary/aromatic N) is 1. The van der Waals surface area contributed by atoms with Crippen molar-refractivity contribution < 1.29 is 18.0 Å². The fraction of sp³-hybridized carbons (Fsp3) is 0.143. The number of halogens is 3. The highest BCUT2D eigenvalue weighted by atomic mass is 19.4. The van der Waals surface area contributed by atoms with Gasteiger partial charge in [-0.25, -0.2) is 0 Å². The quantitative estimate of drug-likeness (QED) is 0.794. The van der Waals surface area contributed by atoms with Crippen molar-refractivity contribution >= 4 is 6.29 Å². The van der Waals surface area contributed by atoms with Gasteiger partial charge < -0.3 is 4.57 Å². The Morgan fingerprint density at radius 1 is 1.15 bits per heavy atom. The van der Waals surface area contributed by atoms with E-state index in [1.54, 1.807) is 6.92 Å². The molecule has 3 nitrogen and oxygen atoms in total. The van der Waals surface area contributed by atoms with Crippen LogP contribution in [0.5, 0.6) is 0 Å². The van der Waals surface area contributed by atoms with E-state index in [1.807, 2.05) is 0 Å². The number of carbonyl (C=O) groups excluding carboxylic acids is 1. The molecule has 0 aliphatic rings. The van der Waals surface area contributed by atoms with E-state index >= 15 is 0 Å². The zero-order valence-electron chi connectivity index (χ0n) is 10.4. The second-order valence-corrected chi connectivity index (χ2v) is 4.27. The molecule has 0 fully saturated rings. The predicted octanol–water partition coefficient (Wildman–Crippen LogP) is 2.98. The van der Waals surface area contributed by atoms with Crippen molar-refractivity contribution in [1.82, 2.24) is 4.57 Å². The monoisotopic (exact) mass is 281 g/mol. The first-order valence-corrected chi connectivity index (χ1v) is 5.69. The third-order valence-electron chi connectivity index (χ3n) is 2.87. The van der Waals surface area contributed by atoms with Crippen LogP contribution in [0.1, 0.15) is 21.6 Å². The Bertz CT molecular complexity index is 700. The molecule has 0 aliphatic heterocycles. The normalized spacial score (nSPS) is 11.4. The van der Waals surface area contributed by atoms with E-state index in [0.717, 1.165) is 12.1 Å². The van der Waals surface area contributed by atoms with Crippen molar-refractivity contribution in [3.05, 3.63) is 63.6 Å². The number of pyridine rings is 1. The number of aldehydes is 1. The van der Waals surface area contributed by atoms with Crippen molar-refractivity contribution in [3.63, 3.8) is 0 Å². The van der Waals surface area contributed by atoms with E-state index < -0.39 is 17.2 Å². The fourth-order valence-electron chi connectivity index (χ4n) is 1.82. The summed E-state index contributed by atoms with van der Waals surface area (Å²) in [6.45, 7) is 1.63. The van der Waals surface area contributed by atoms with E-state index in [4.69, 9.17) is 0 Å². The minimum Gasteiger partial charge on any atom is -0.320 e. The lowest BCUT2D eigenvalue weighted by Crippen LogP contribution is -2.13. The number of aromatic nitrogens is 1. The summed E-state index contributed by atoms with van der Waals surface area (Å²) >= 11 is 0. The number of aryl methyl sites for hydroxylation is 1. The van der Waals surface area contributed by atoms with Crippen LogP contribution in [-0.4, -0.2) is 10.9 Å². The third-order valence-corrected chi connectivity index (χ3v) is 2.87. The summed E-state index contributed by atoms with van der Waals surface area (Å²) in [5, 5.41) is 0. The maximum atomic E-state index is 12.5. The average Bonchev–Trinajstić information content (AvgIpc) is 2.38. The third kappa shape index (κ3) is 2.64. The number of alkyl halides is 3. The Morgan fingerprint density at radius 3 is 2.25 bits per heavy atom. The van der Waals surface area contributed by atoms with Crippen LogP contribution in [-0.2, 0) is 6.18 Å². The summed E-state index contributed by atoms with van der Waals surface area (Å²) in [6.07, 6.45) is -2.67. The van der Waals surface area contributed by atoms with E-state index in [2.05, 4.69) is 0 Å². The van der Waals surface area contributed by atoms with Gasteiger partial charge in [0.2, 0.25) is 0 Å². The Morgan fingerprint density at radius 2 is 1.75 bits per heavy atom. The second kappa shape index (κ2) is 4.96. The molecule has 1 aromatic heterocycles. The summed E-state index contributed by atoms with van der Waals surface area (Å²) in [7, 11) is 0. The van der Waals surface area contributed by atoms with Gasteiger partial charge in [0.05, 0.1) is 11.1 Å². The van der Waals surface area contributed by atoms with Crippen LogP contribution in [0.15, 0.2) is 41.3 Å². The lowest BCUT2D eigenvalue weighted by atomic mass is 10.2. The lowest BCUT2D eigenvalue weighted by molar-refractivity contribution is -0.137. The molecule has 6 heteroatoms. The topological polar surface area (TPSA) is 39.1 Å². The lowest BCUT2D eigenvalue weighted by Gasteiger charge is -2.12. The summed E-state index contributed by atoms with van der Waals surface area (Å²) < 4.78 is 38.9.